The van der Waals surface area contributed by atoms with E-state index in [-0.39, 0.29) is 18.0 Å². The van der Waals surface area contributed by atoms with Crippen LogP contribution in [0, 0.1) is 11.6 Å². The Labute approximate surface area is 98.2 Å². The van der Waals surface area contributed by atoms with Gasteiger partial charge in [-0.15, -0.1) is 0 Å². The molecule has 1 heterocycles. The first-order valence-corrected chi connectivity index (χ1v) is 5.54. The van der Waals surface area contributed by atoms with E-state index < -0.39 is 11.6 Å². The van der Waals surface area contributed by atoms with Gasteiger partial charge in [0.2, 0.25) is 5.91 Å². The predicted octanol–water partition coefficient (Wildman–Crippen LogP) is 1.50. The third-order valence-electron chi connectivity index (χ3n) is 2.89. The molecule has 92 valence electrons. The summed E-state index contributed by atoms with van der Waals surface area (Å²) in [5.41, 5.74) is 0.408. The zero-order chi connectivity index (χ0) is 12.4. The molecule has 0 bridgehead atoms. The molecule has 1 fully saturated rings. The Morgan fingerprint density at radius 2 is 2.24 bits per heavy atom. The van der Waals surface area contributed by atoms with Crippen molar-refractivity contribution in [3.05, 3.63) is 35.4 Å². The highest BCUT2D eigenvalue weighted by Gasteiger charge is 2.23. The third kappa shape index (κ3) is 2.79. The van der Waals surface area contributed by atoms with Gasteiger partial charge in [0, 0.05) is 36.7 Å². The smallest absolute Gasteiger partial charge is 0.221 e. The first kappa shape index (κ1) is 12.0. The Morgan fingerprint density at radius 1 is 1.47 bits per heavy atom. The van der Waals surface area contributed by atoms with E-state index in [9.17, 15) is 13.6 Å². The zero-order valence-electron chi connectivity index (χ0n) is 9.47. The van der Waals surface area contributed by atoms with Crippen molar-refractivity contribution in [1.82, 2.24) is 10.6 Å². The number of carbonyl (C=O) groups is 1. The van der Waals surface area contributed by atoms with Crippen molar-refractivity contribution in [3.8, 4) is 0 Å². The Kier molecular flexibility index (Phi) is 3.38. The molecular weight excluding hydrogens is 226 g/mol. The Hall–Kier alpha value is -1.49. The summed E-state index contributed by atoms with van der Waals surface area (Å²) >= 11 is 0. The van der Waals surface area contributed by atoms with Crippen LogP contribution in [-0.4, -0.2) is 18.5 Å². The van der Waals surface area contributed by atoms with Crippen LogP contribution in [0.1, 0.15) is 24.9 Å². The van der Waals surface area contributed by atoms with Crippen molar-refractivity contribution in [2.75, 3.05) is 6.54 Å². The summed E-state index contributed by atoms with van der Waals surface area (Å²) in [5.74, 6) is -1.16. The second-order valence-electron chi connectivity index (χ2n) is 4.26. The molecule has 2 unspecified atom stereocenters. The second kappa shape index (κ2) is 4.79. The fourth-order valence-corrected chi connectivity index (χ4v) is 2.02. The number of rotatable bonds is 3. The maximum absolute atomic E-state index is 13.5. The largest absolute Gasteiger partial charge is 0.354 e. The van der Waals surface area contributed by atoms with Gasteiger partial charge >= 0.3 is 0 Å². The normalized spacial score (nSPS) is 21.4. The minimum atomic E-state index is -0.587. The van der Waals surface area contributed by atoms with Crippen molar-refractivity contribution >= 4 is 5.91 Å². The standard InChI is InChI=1S/C12H14F2N2O/c1-7(16-9-5-12(17)15-6-9)10-3-2-8(13)4-11(10)14/h2-4,7,9,16H,5-6H2,1H3,(H,15,17). The van der Waals surface area contributed by atoms with E-state index in [2.05, 4.69) is 10.6 Å². The third-order valence-corrected chi connectivity index (χ3v) is 2.89. The minimum Gasteiger partial charge on any atom is -0.354 e. The predicted molar refractivity (Wildman–Crippen MR) is 59.3 cm³/mol. The number of carbonyl (C=O) groups excluding carboxylic acids is 1. The van der Waals surface area contributed by atoms with Crippen LogP contribution in [0.2, 0.25) is 0 Å². The number of hydrogen-bond acceptors (Lipinski definition) is 2. The van der Waals surface area contributed by atoms with Crippen LogP contribution in [0.5, 0.6) is 0 Å². The van der Waals surface area contributed by atoms with Crippen LogP contribution in [0.4, 0.5) is 8.78 Å². The van der Waals surface area contributed by atoms with E-state index in [1.165, 1.54) is 12.1 Å². The van der Waals surface area contributed by atoms with Gasteiger partial charge in [-0.1, -0.05) is 6.07 Å². The van der Waals surface area contributed by atoms with Crippen molar-refractivity contribution in [2.45, 2.75) is 25.4 Å². The monoisotopic (exact) mass is 240 g/mol. The molecule has 1 aromatic rings. The lowest BCUT2D eigenvalue weighted by atomic mass is 10.1. The summed E-state index contributed by atoms with van der Waals surface area (Å²) in [7, 11) is 0. The summed E-state index contributed by atoms with van der Waals surface area (Å²) in [6, 6.07) is 3.27. The molecule has 1 amide bonds. The molecule has 1 aromatic carbocycles. The first-order chi connectivity index (χ1) is 8.06. The highest BCUT2D eigenvalue weighted by molar-refractivity contribution is 5.78. The average molecular weight is 240 g/mol. The number of hydrogen-bond donors (Lipinski definition) is 2. The number of amides is 1. The van der Waals surface area contributed by atoms with E-state index >= 15 is 0 Å². The van der Waals surface area contributed by atoms with E-state index in [4.69, 9.17) is 0 Å². The van der Waals surface area contributed by atoms with Gasteiger partial charge in [0.25, 0.3) is 0 Å². The van der Waals surface area contributed by atoms with E-state index in [1.54, 1.807) is 6.92 Å². The molecule has 2 rings (SSSR count). The van der Waals surface area contributed by atoms with Crippen LogP contribution < -0.4 is 10.6 Å². The minimum absolute atomic E-state index is 0.00181. The highest BCUT2D eigenvalue weighted by Crippen LogP contribution is 2.19. The lowest BCUT2D eigenvalue weighted by molar-refractivity contribution is -0.119. The molecule has 0 aliphatic carbocycles. The maximum atomic E-state index is 13.5. The SMILES string of the molecule is CC(NC1CNC(=O)C1)c1ccc(F)cc1F. The molecule has 2 N–H and O–H groups in total. The molecule has 3 nitrogen and oxygen atoms in total. The first-order valence-electron chi connectivity index (χ1n) is 5.54. The second-order valence-corrected chi connectivity index (χ2v) is 4.26. The van der Waals surface area contributed by atoms with Crippen molar-refractivity contribution in [3.63, 3.8) is 0 Å². The van der Waals surface area contributed by atoms with Gasteiger partial charge in [-0.25, -0.2) is 8.78 Å². The Bertz CT molecular complexity index is 437. The quantitative estimate of drug-likeness (QED) is 0.840. The lowest BCUT2D eigenvalue weighted by Crippen LogP contribution is -2.33. The molecular formula is C12H14F2N2O. The lowest BCUT2D eigenvalue weighted by Gasteiger charge is -2.19. The highest BCUT2D eigenvalue weighted by atomic mass is 19.1. The van der Waals surface area contributed by atoms with E-state index in [0.717, 1.165) is 6.07 Å². The average Bonchev–Trinajstić information content (AvgIpc) is 2.63. The molecule has 0 radical (unpaired) electrons. The fraction of sp³-hybridized carbons (Fsp3) is 0.417. The van der Waals surface area contributed by atoms with Gasteiger partial charge in [-0.3, -0.25) is 4.79 Å². The molecule has 17 heavy (non-hydrogen) atoms. The molecule has 1 aliphatic rings. The number of halogens is 2. The summed E-state index contributed by atoms with van der Waals surface area (Å²) in [4.78, 5) is 11.0. The molecule has 5 heteroatoms. The topological polar surface area (TPSA) is 41.1 Å². The van der Waals surface area contributed by atoms with Gasteiger partial charge in [0.05, 0.1) is 0 Å². The Balaban J connectivity index is 2.04. The van der Waals surface area contributed by atoms with E-state index in [0.29, 0.717) is 18.5 Å². The molecule has 2 atom stereocenters. The van der Waals surface area contributed by atoms with Crippen molar-refractivity contribution in [1.29, 1.82) is 0 Å². The summed E-state index contributed by atoms with van der Waals surface area (Å²) in [6.45, 7) is 2.34. The van der Waals surface area contributed by atoms with Crippen LogP contribution in [0.25, 0.3) is 0 Å². The van der Waals surface area contributed by atoms with Crippen LogP contribution in [-0.2, 0) is 4.79 Å². The molecule has 0 aromatic heterocycles. The van der Waals surface area contributed by atoms with Crippen LogP contribution >= 0.6 is 0 Å². The van der Waals surface area contributed by atoms with Crippen LogP contribution in [0.15, 0.2) is 18.2 Å². The van der Waals surface area contributed by atoms with Gasteiger partial charge in [-0.05, 0) is 13.0 Å². The fourth-order valence-electron chi connectivity index (χ4n) is 2.02. The summed E-state index contributed by atoms with van der Waals surface area (Å²) in [6.07, 6.45) is 0.396. The number of nitrogens with one attached hydrogen (secondary N) is 2. The molecule has 0 saturated carbocycles. The summed E-state index contributed by atoms with van der Waals surface area (Å²) in [5, 5.41) is 5.83. The Morgan fingerprint density at radius 3 is 2.82 bits per heavy atom. The van der Waals surface area contributed by atoms with Gasteiger partial charge in [-0.2, -0.15) is 0 Å². The maximum Gasteiger partial charge on any atom is 0.221 e. The van der Waals surface area contributed by atoms with Crippen LogP contribution in [0.3, 0.4) is 0 Å². The van der Waals surface area contributed by atoms with Gasteiger partial charge in [0.1, 0.15) is 11.6 Å². The summed E-state index contributed by atoms with van der Waals surface area (Å²) < 4.78 is 26.2. The van der Waals surface area contributed by atoms with Crippen molar-refractivity contribution < 1.29 is 13.6 Å². The molecule has 1 saturated heterocycles. The molecule has 0 spiro atoms. The number of benzene rings is 1. The van der Waals surface area contributed by atoms with Gasteiger partial charge < -0.3 is 10.6 Å². The molecule has 1 aliphatic heterocycles. The zero-order valence-corrected chi connectivity index (χ0v) is 9.47. The van der Waals surface area contributed by atoms with Gasteiger partial charge in [0.15, 0.2) is 0 Å². The van der Waals surface area contributed by atoms with E-state index in [1.807, 2.05) is 0 Å². The van der Waals surface area contributed by atoms with Crippen molar-refractivity contribution in [2.24, 2.45) is 0 Å².